The maximum absolute atomic E-state index is 12.5. The predicted molar refractivity (Wildman–Crippen MR) is 170 cm³/mol. The van der Waals surface area contributed by atoms with E-state index in [1.807, 2.05) is 0 Å². The first kappa shape index (κ1) is 36.1. The van der Waals surface area contributed by atoms with Crippen LogP contribution in [0.4, 0.5) is 0 Å². The van der Waals surface area contributed by atoms with Crippen molar-refractivity contribution in [3.05, 3.63) is 11.6 Å². The summed E-state index contributed by atoms with van der Waals surface area (Å²) in [4.78, 5) is 11.9. The summed E-state index contributed by atoms with van der Waals surface area (Å²) in [6.07, 6.45) is -3.79. The lowest BCUT2D eigenvalue weighted by Gasteiger charge is -2.66. The van der Waals surface area contributed by atoms with Gasteiger partial charge in [-0.05, 0) is 94.0 Å². The lowest BCUT2D eigenvalue weighted by molar-refractivity contribution is -0.361. The molecular formula is C36H56O13. The summed E-state index contributed by atoms with van der Waals surface area (Å²) in [5.74, 6) is -0.0164. The fraction of sp³-hybridized carbons (Fsp3) is 0.917. The molecule has 0 radical (unpaired) electrons. The minimum Gasteiger partial charge on any atom is -0.458 e. The van der Waals surface area contributed by atoms with Crippen molar-refractivity contribution in [3.63, 3.8) is 0 Å². The van der Waals surface area contributed by atoms with E-state index in [9.17, 15) is 35.4 Å². The first-order chi connectivity index (χ1) is 23.1. The zero-order chi connectivity index (χ0) is 35.3. The van der Waals surface area contributed by atoms with Crippen LogP contribution in [0.3, 0.4) is 0 Å². The van der Waals surface area contributed by atoms with E-state index in [-0.39, 0.29) is 29.1 Å². The fourth-order valence-electron chi connectivity index (χ4n) is 11.5. The van der Waals surface area contributed by atoms with Crippen molar-refractivity contribution in [3.8, 4) is 0 Å². The highest BCUT2D eigenvalue weighted by molar-refractivity contribution is 5.85. The molecule has 7 aliphatic rings. The highest BCUT2D eigenvalue weighted by Crippen LogP contribution is 2.70. The molecule has 0 aromatic rings. The van der Waals surface area contributed by atoms with Crippen molar-refractivity contribution in [2.24, 2.45) is 28.6 Å². The second kappa shape index (κ2) is 12.7. The maximum Gasteiger partial charge on any atom is 0.331 e. The van der Waals surface area contributed by atoms with Crippen molar-refractivity contribution >= 4 is 5.97 Å². The summed E-state index contributed by atoms with van der Waals surface area (Å²) in [6.45, 7) is 7.98. The van der Waals surface area contributed by atoms with E-state index < -0.39 is 84.1 Å². The van der Waals surface area contributed by atoms with Crippen LogP contribution in [0.25, 0.3) is 0 Å². The van der Waals surface area contributed by atoms with Gasteiger partial charge in [0, 0.05) is 25.0 Å². The lowest BCUT2D eigenvalue weighted by Crippen LogP contribution is -2.68. The Bertz CT molecular complexity index is 1300. The highest BCUT2D eigenvalue weighted by Gasteiger charge is 2.70. The minimum absolute atomic E-state index is 0.0420. The van der Waals surface area contributed by atoms with Gasteiger partial charge < -0.3 is 59.1 Å². The highest BCUT2D eigenvalue weighted by atomic mass is 16.7. The molecule has 2 saturated heterocycles. The summed E-state index contributed by atoms with van der Waals surface area (Å²) in [5, 5.41) is 67.1. The number of methoxy groups -OCH3 is 1. The summed E-state index contributed by atoms with van der Waals surface area (Å²) in [6, 6.07) is 0. The van der Waals surface area contributed by atoms with Gasteiger partial charge in [-0.25, -0.2) is 4.79 Å². The molecule has 0 amide bonds. The molecule has 0 aromatic heterocycles. The van der Waals surface area contributed by atoms with Gasteiger partial charge in [0.05, 0.1) is 29.5 Å². The van der Waals surface area contributed by atoms with E-state index in [1.54, 1.807) is 19.9 Å². The fourth-order valence-corrected chi connectivity index (χ4v) is 11.5. The third-order valence-corrected chi connectivity index (χ3v) is 14.5. The van der Waals surface area contributed by atoms with E-state index in [2.05, 4.69) is 13.8 Å². The van der Waals surface area contributed by atoms with Crippen LogP contribution in [0, 0.1) is 28.6 Å². The largest absolute Gasteiger partial charge is 0.458 e. The number of ether oxygens (including phenoxy) is 6. The number of aliphatic hydroxyl groups is 6. The average molecular weight is 697 g/mol. The topological polar surface area (TPSA) is 194 Å². The van der Waals surface area contributed by atoms with Crippen LogP contribution in [0.1, 0.15) is 85.5 Å². The zero-order valence-electron chi connectivity index (χ0n) is 29.3. The SMILES string of the molecule is CO[C@@H]1[C@@H](O)[C@@H](O[C@H]2CC[C@]3(C)[C@H]4CC[C@]5(C)[C@@H](C6=CC(=O)OC6)CC[C@@]5(O)[C@@H]4CC[C@]3(O)C2)O[C@H](C)[C@@H]1O[C@@H]1O[C@H](C)[C@@H](O)[C@H](O)[C@H]1O. The number of carbonyl (C=O) groups is 1. The number of hydrogen-bond donors (Lipinski definition) is 6. The molecule has 6 fully saturated rings. The van der Waals surface area contributed by atoms with E-state index >= 15 is 0 Å². The molecule has 3 aliphatic heterocycles. The van der Waals surface area contributed by atoms with Crippen LogP contribution in [-0.2, 0) is 33.2 Å². The molecule has 6 N–H and O–H groups in total. The molecule has 0 aromatic carbocycles. The van der Waals surface area contributed by atoms with Gasteiger partial charge in [-0.1, -0.05) is 13.8 Å². The molecule has 4 aliphatic carbocycles. The van der Waals surface area contributed by atoms with Crippen LogP contribution < -0.4 is 0 Å². The molecule has 13 nitrogen and oxygen atoms in total. The smallest absolute Gasteiger partial charge is 0.331 e. The summed E-state index contributed by atoms with van der Waals surface area (Å²) < 4.78 is 35.1. The van der Waals surface area contributed by atoms with Gasteiger partial charge >= 0.3 is 5.97 Å². The molecular weight excluding hydrogens is 640 g/mol. The molecule has 0 spiro atoms. The summed E-state index contributed by atoms with van der Waals surface area (Å²) in [7, 11) is 1.43. The van der Waals surface area contributed by atoms with Gasteiger partial charge in [-0.2, -0.15) is 0 Å². The molecule has 13 heteroatoms. The van der Waals surface area contributed by atoms with Crippen molar-refractivity contribution in [2.75, 3.05) is 13.7 Å². The Labute approximate surface area is 287 Å². The van der Waals surface area contributed by atoms with Crippen LogP contribution in [0.15, 0.2) is 11.6 Å². The molecule has 3 heterocycles. The van der Waals surface area contributed by atoms with Gasteiger partial charge in [0.1, 0.15) is 43.2 Å². The number of aliphatic hydroxyl groups excluding tert-OH is 4. The van der Waals surface area contributed by atoms with Gasteiger partial charge in [0.25, 0.3) is 0 Å². The Balaban J connectivity index is 1.02. The Morgan fingerprint density at radius 1 is 0.755 bits per heavy atom. The Kier molecular flexibility index (Phi) is 9.38. The van der Waals surface area contributed by atoms with Crippen LogP contribution in [-0.4, -0.2) is 129 Å². The van der Waals surface area contributed by atoms with Crippen molar-refractivity contribution in [2.45, 2.75) is 164 Å². The minimum atomic E-state index is -1.52. The van der Waals surface area contributed by atoms with Crippen LogP contribution in [0.2, 0.25) is 0 Å². The second-order valence-electron chi connectivity index (χ2n) is 16.7. The molecule has 4 saturated carbocycles. The molecule has 0 unspecified atom stereocenters. The molecule has 0 bridgehead atoms. The third kappa shape index (κ3) is 5.48. The van der Waals surface area contributed by atoms with Crippen molar-refractivity contribution in [1.82, 2.24) is 0 Å². The standard InChI is InChI=1S/C36H56O13/c1-17-25(38)26(39)27(40)31(46-17)49-29-18(2)47-32(28(41)30(29)44-5)48-20-6-10-33(3)22-7-11-34(4)21(19-14-24(37)45-16-19)9-13-36(34,43)23(22)8-12-35(33,42)15-20/h14,17-18,20-23,25-32,38-43H,6-13,15-16H2,1-5H3/t17-,18-,20+,21-,22+,23-,25-,26+,27-,28-,29+,30-,31+,32-,33-,34-,35+,36-/m1/s1. The van der Waals surface area contributed by atoms with E-state index in [1.165, 1.54) is 7.11 Å². The number of hydrogen-bond acceptors (Lipinski definition) is 13. The lowest BCUT2D eigenvalue weighted by atomic mass is 9.42. The zero-order valence-corrected chi connectivity index (χ0v) is 29.3. The predicted octanol–water partition coefficient (Wildman–Crippen LogP) is 1.08. The van der Waals surface area contributed by atoms with Crippen molar-refractivity contribution < 1.29 is 63.9 Å². The van der Waals surface area contributed by atoms with E-state index in [4.69, 9.17) is 28.4 Å². The molecule has 49 heavy (non-hydrogen) atoms. The number of carbonyl (C=O) groups excluding carboxylic acids is 1. The molecule has 18 atom stereocenters. The Morgan fingerprint density at radius 2 is 1.43 bits per heavy atom. The van der Waals surface area contributed by atoms with E-state index in [0.29, 0.717) is 45.1 Å². The van der Waals surface area contributed by atoms with Crippen LogP contribution >= 0.6 is 0 Å². The molecule has 278 valence electrons. The number of cyclic esters (lactones) is 1. The van der Waals surface area contributed by atoms with Crippen molar-refractivity contribution in [1.29, 1.82) is 0 Å². The van der Waals surface area contributed by atoms with Gasteiger partial charge in [0.2, 0.25) is 0 Å². The quantitative estimate of drug-likeness (QED) is 0.171. The first-order valence-electron chi connectivity index (χ1n) is 18.3. The van der Waals surface area contributed by atoms with Gasteiger partial charge in [-0.15, -0.1) is 0 Å². The second-order valence-corrected chi connectivity index (χ2v) is 16.7. The van der Waals surface area contributed by atoms with Crippen LogP contribution in [0.5, 0.6) is 0 Å². The average Bonchev–Trinajstić information content (AvgIpc) is 3.60. The normalized spacial score (nSPS) is 56.0. The number of rotatable bonds is 6. The number of esters is 1. The molecule has 7 rings (SSSR count). The third-order valence-electron chi connectivity index (χ3n) is 14.5. The number of fused-ring (bicyclic) bond motifs is 5. The maximum atomic E-state index is 12.5. The summed E-state index contributed by atoms with van der Waals surface area (Å²) >= 11 is 0. The Morgan fingerprint density at radius 3 is 2.12 bits per heavy atom. The van der Waals surface area contributed by atoms with E-state index in [0.717, 1.165) is 24.8 Å². The van der Waals surface area contributed by atoms with Gasteiger partial charge in [-0.3, -0.25) is 0 Å². The summed E-state index contributed by atoms with van der Waals surface area (Å²) in [5.41, 5.74) is -1.70. The Hall–Kier alpha value is -1.23. The monoisotopic (exact) mass is 696 g/mol. The van der Waals surface area contributed by atoms with Gasteiger partial charge in [0.15, 0.2) is 12.6 Å². The first-order valence-corrected chi connectivity index (χ1v) is 18.3.